The molecule has 1 atom stereocenters. The monoisotopic (exact) mass is 449 g/mol. The van der Waals surface area contributed by atoms with Crippen molar-refractivity contribution in [2.75, 3.05) is 33.2 Å². The first-order valence-corrected chi connectivity index (χ1v) is 10.9. The molecule has 2 saturated heterocycles. The van der Waals surface area contributed by atoms with E-state index in [2.05, 4.69) is 21.6 Å². The van der Waals surface area contributed by atoms with Crippen molar-refractivity contribution in [3.8, 4) is 0 Å². The molecule has 4 rings (SSSR count). The van der Waals surface area contributed by atoms with Crippen LogP contribution in [-0.2, 0) is 16.6 Å². The maximum atomic E-state index is 13.1. The summed E-state index contributed by atoms with van der Waals surface area (Å²) in [5, 5.41) is 5.58. The van der Waals surface area contributed by atoms with Crippen molar-refractivity contribution in [1.29, 1.82) is 0 Å². The average molecular weight is 450 g/mol. The number of aryl methyl sites for hydroxylation is 1. The Bertz CT molecular complexity index is 1010. The summed E-state index contributed by atoms with van der Waals surface area (Å²) in [7, 11) is 3.77. The molecule has 9 heteroatoms. The quantitative estimate of drug-likeness (QED) is 0.515. The SMILES string of the molecule is CNCCCN1CCC(c2cccc3c2n(C)c(=O)n3C2CCC(=O)NC2=O)CC1.Cl. The summed E-state index contributed by atoms with van der Waals surface area (Å²) < 4.78 is 3.25. The fourth-order valence-corrected chi connectivity index (χ4v) is 4.97. The summed E-state index contributed by atoms with van der Waals surface area (Å²) in [4.78, 5) is 39.6. The number of imidazole rings is 1. The second-order valence-corrected chi connectivity index (χ2v) is 8.47. The maximum Gasteiger partial charge on any atom is 0.329 e. The Labute approximate surface area is 188 Å². The molecule has 0 saturated carbocycles. The van der Waals surface area contributed by atoms with E-state index in [-0.39, 0.29) is 36.3 Å². The molecule has 1 unspecified atom stereocenters. The number of likely N-dealkylation sites (tertiary alicyclic amines) is 1. The Balaban J connectivity index is 0.00000272. The predicted molar refractivity (Wildman–Crippen MR) is 123 cm³/mol. The van der Waals surface area contributed by atoms with E-state index in [9.17, 15) is 14.4 Å². The van der Waals surface area contributed by atoms with Gasteiger partial charge < -0.3 is 10.2 Å². The van der Waals surface area contributed by atoms with Crippen LogP contribution in [0.3, 0.4) is 0 Å². The molecule has 2 amide bonds. The predicted octanol–water partition coefficient (Wildman–Crippen LogP) is 1.53. The minimum absolute atomic E-state index is 0. The summed E-state index contributed by atoms with van der Waals surface area (Å²) in [6, 6.07) is 5.39. The molecule has 2 N–H and O–H groups in total. The topological polar surface area (TPSA) is 88.4 Å². The first-order valence-electron chi connectivity index (χ1n) is 10.9. The fourth-order valence-electron chi connectivity index (χ4n) is 4.97. The van der Waals surface area contributed by atoms with Gasteiger partial charge in [0.15, 0.2) is 0 Å². The van der Waals surface area contributed by atoms with Crippen LogP contribution in [0.15, 0.2) is 23.0 Å². The van der Waals surface area contributed by atoms with Crippen LogP contribution in [0.5, 0.6) is 0 Å². The highest BCUT2D eigenvalue weighted by Crippen LogP contribution is 2.34. The second-order valence-electron chi connectivity index (χ2n) is 8.47. The third-order valence-electron chi connectivity index (χ3n) is 6.58. The lowest BCUT2D eigenvalue weighted by Crippen LogP contribution is -2.44. The lowest BCUT2D eigenvalue weighted by molar-refractivity contribution is -0.135. The van der Waals surface area contributed by atoms with Gasteiger partial charge in [-0.15, -0.1) is 12.4 Å². The van der Waals surface area contributed by atoms with Crippen LogP contribution in [0.2, 0.25) is 0 Å². The fraction of sp³-hybridized carbons (Fsp3) is 0.591. The molecular formula is C22H32ClN5O3. The Morgan fingerprint density at radius 1 is 1.13 bits per heavy atom. The van der Waals surface area contributed by atoms with Gasteiger partial charge in [-0.05, 0) is 76.5 Å². The van der Waals surface area contributed by atoms with E-state index in [1.807, 2.05) is 19.2 Å². The highest BCUT2D eigenvalue weighted by molar-refractivity contribution is 6.00. The second kappa shape index (κ2) is 9.97. The smallest absolute Gasteiger partial charge is 0.320 e. The van der Waals surface area contributed by atoms with Gasteiger partial charge in [0.1, 0.15) is 6.04 Å². The molecule has 2 aromatic rings. The van der Waals surface area contributed by atoms with Crippen LogP contribution in [0.25, 0.3) is 11.0 Å². The average Bonchev–Trinajstić information content (AvgIpc) is 3.00. The zero-order valence-electron chi connectivity index (χ0n) is 18.2. The molecule has 31 heavy (non-hydrogen) atoms. The van der Waals surface area contributed by atoms with Gasteiger partial charge in [-0.25, -0.2) is 4.79 Å². The molecule has 0 radical (unpaired) electrons. The molecule has 2 fully saturated rings. The lowest BCUT2D eigenvalue weighted by atomic mass is 9.88. The van der Waals surface area contributed by atoms with E-state index in [0.29, 0.717) is 12.3 Å². The van der Waals surface area contributed by atoms with Gasteiger partial charge >= 0.3 is 5.69 Å². The molecule has 1 aromatic carbocycles. The number of nitrogens with one attached hydrogen (secondary N) is 2. The standard InChI is InChI=1S/C22H31N5O3.ClH/c1-23-11-4-12-26-13-9-15(10-14-26)16-5-3-6-17-20(16)25(2)22(30)27(17)18-7-8-19(28)24-21(18)29;/h3,5-6,15,18,23H,4,7-14H2,1-2H3,(H,24,28,29);1H. The molecule has 0 spiro atoms. The van der Waals surface area contributed by atoms with Crippen molar-refractivity contribution in [1.82, 2.24) is 24.7 Å². The number of amides is 2. The first-order chi connectivity index (χ1) is 14.5. The third kappa shape index (κ3) is 4.56. The highest BCUT2D eigenvalue weighted by atomic mass is 35.5. The molecule has 3 heterocycles. The zero-order chi connectivity index (χ0) is 21.3. The maximum absolute atomic E-state index is 13.1. The van der Waals surface area contributed by atoms with Crippen LogP contribution in [-0.4, -0.2) is 59.1 Å². The number of halogens is 1. The van der Waals surface area contributed by atoms with E-state index in [4.69, 9.17) is 0 Å². The summed E-state index contributed by atoms with van der Waals surface area (Å²) in [5.74, 6) is -0.259. The number of hydrogen-bond donors (Lipinski definition) is 2. The summed E-state index contributed by atoms with van der Waals surface area (Å²) in [6.45, 7) is 4.27. The summed E-state index contributed by atoms with van der Waals surface area (Å²) in [6.07, 6.45) is 3.90. The van der Waals surface area contributed by atoms with E-state index in [1.165, 1.54) is 5.56 Å². The van der Waals surface area contributed by atoms with Crippen molar-refractivity contribution in [3.63, 3.8) is 0 Å². The van der Waals surface area contributed by atoms with E-state index in [1.54, 1.807) is 16.2 Å². The van der Waals surface area contributed by atoms with E-state index in [0.717, 1.165) is 56.5 Å². The largest absolute Gasteiger partial charge is 0.329 e. The number of fused-ring (bicyclic) bond motifs is 1. The van der Waals surface area contributed by atoms with Crippen LogP contribution in [0.4, 0.5) is 0 Å². The van der Waals surface area contributed by atoms with Crippen molar-refractivity contribution in [3.05, 3.63) is 34.2 Å². The van der Waals surface area contributed by atoms with Crippen molar-refractivity contribution < 1.29 is 9.59 Å². The molecule has 0 aliphatic carbocycles. The Morgan fingerprint density at radius 3 is 2.55 bits per heavy atom. The van der Waals surface area contributed by atoms with Crippen LogP contribution < -0.4 is 16.3 Å². The number of carbonyl (C=O) groups is 2. The Hall–Kier alpha value is -2.16. The number of nitrogens with zero attached hydrogens (tertiary/aromatic N) is 3. The van der Waals surface area contributed by atoms with Gasteiger partial charge in [0, 0.05) is 13.5 Å². The van der Waals surface area contributed by atoms with Crippen molar-refractivity contribution >= 4 is 35.3 Å². The minimum Gasteiger partial charge on any atom is -0.320 e. The molecule has 170 valence electrons. The number of carbonyl (C=O) groups excluding carboxylic acids is 2. The summed E-state index contributed by atoms with van der Waals surface area (Å²) in [5.41, 5.74) is 2.69. The number of benzene rings is 1. The number of piperidine rings is 2. The van der Waals surface area contributed by atoms with Crippen LogP contribution in [0, 0.1) is 0 Å². The zero-order valence-corrected chi connectivity index (χ0v) is 19.0. The molecule has 2 aliphatic rings. The van der Waals surface area contributed by atoms with Crippen LogP contribution >= 0.6 is 12.4 Å². The molecule has 0 bridgehead atoms. The Kier molecular flexibility index (Phi) is 7.56. The number of aromatic nitrogens is 2. The molecule has 1 aromatic heterocycles. The number of para-hydroxylation sites is 1. The minimum atomic E-state index is -0.636. The molecular weight excluding hydrogens is 418 g/mol. The highest BCUT2D eigenvalue weighted by Gasteiger charge is 2.32. The number of rotatable bonds is 6. The van der Waals surface area contributed by atoms with Gasteiger partial charge in [-0.1, -0.05) is 12.1 Å². The lowest BCUT2D eigenvalue weighted by Gasteiger charge is -2.32. The third-order valence-corrected chi connectivity index (χ3v) is 6.58. The Morgan fingerprint density at radius 2 is 1.87 bits per heavy atom. The normalized spacial score (nSPS) is 20.6. The van der Waals surface area contributed by atoms with Gasteiger partial charge in [0.25, 0.3) is 0 Å². The van der Waals surface area contributed by atoms with Crippen molar-refractivity contribution in [2.24, 2.45) is 7.05 Å². The molecule has 8 nitrogen and oxygen atoms in total. The van der Waals surface area contributed by atoms with Gasteiger partial charge in [-0.3, -0.25) is 24.0 Å². The number of imide groups is 1. The first kappa shape index (κ1) is 23.5. The number of hydrogen-bond acceptors (Lipinski definition) is 5. The van der Waals surface area contributed by atoms with Gasteiger partial charge in [0.2, 0.25) is 11.8 Å². The molecule has 2 aliphatic heterocycles. The van der Waals surface area contributed by atoms with E-state index >= 15 is 0 Å². The van der Waals surface area contributed by atoms with Gasteiger partial charge in [-0.2, -0.15) is 0 Å². The van der Waals surface area contributed by atoms with Crippen molar-refractivity contribution in [2.45, 2.75) is 44.1 Å². The summed E-state index contributed by atoms with van der Waals surface area (Å²) >= 11 is 0. The van der Waals surface area contributed by atoms with E-state index < -0.39 is 6.04 Å². The van der Waals surface area contributed by atoms with Crippen LogP contribution in [0.1, 0.15) is 49.6 Å². The van der Waals surface area contributed by atoms with Gasteiger partial charge in [0.05, 0.1) is 11.0 Å².